The van der Waals surface area contributed by atoms with Gasteiger partial charge in [0.05, 0.1) is 0 Å². The average Bonchev–Trinajstić information content (AvgIpc) is 2.91. The summed E-state index contributed by atoms with van der Waals surface area (Å²) < 4.78 is 10.4. The van der Waals surface area contributed by atoms with Gasteiger partial charge < -0.3 is 14.6 Å². The molecule has 1 aliphatic rings. The molecule has 1 atom stereocenters. The molecular formula is C16H26N4O4. The maximum atomic E-state index is 12.4. The molecule has 1 aromatic rings. The van der Waals surface area contributed by atoms with Crippen molar-refractivity contribution >= 4 is 12.0 Å². The number of carbonyl (C=O) groups excluding carboxylic acids is 2. The molecule has 134 valence electrons. The van der Waals surface area contributed by atoms with Gasteiger partial charge in [-0.3, -0.25) is 9.69 Å². The number of hydrogen-bond acceptors (Lipinski definition) is 6. The van der Waals surface area contributed by atoms with Crippen LogP contribution in [0.15, 0.2) is 4.52 Å². The number of amides is 2. The largest absolute Gasteiger partial charge is 0.444 e. The molecule has 24 heavy (non-hydrogen) atoms. The number of piperidine rings is 1. The van der Waals surface area contributed by atoms with Gasteiger partial charge in [-0.2, -0.15) is 4.98 Å². The third-order valence-electron chi connectivity index (χ3n) is 3.64. The number of aryl methyl sites for hydroxylation is 1. The second-order valence-corrected chi connectivity index (χ2v) is 6.96. The van der Waals surface area contributed by atoms with E-state index in [4.69, 9.17) is 9.26 Å². The smallest absolute Gasteiger partial charge is 0.410 e. The molecule has 0 spiro atoms. The number of nitrogens with zero attached hydrogens (tertiary/aromatic N) is 3. The Hall–Kier alpha value is -2.12. The number of rotatable bonds is 4. The van der Waals surface area contributed by atoms with Crippen molar-refractivity contribution in [1.29, 1.82) is 0 Å². The summed E-state index contributed by atoms with van der Waals surface area (Å²) in [5.41, 5.74) is -0.578. The first-order valence-corrected chi connectivity index (χ1v) is 8.33. The number of nitrogens with one attached hydrogen (secondary N) is 1. The van der Waals surface area contributed by atoms with Gasteiger partial charge >= 0.3 is 6.09 Å². The van der Waals surface area contributed by atoms with Crippen molar-refractivity contribution in [1.82, 2.24) is 20.4 Å². The number of ether oxygens (including phenoxy) is 1. The zero-order chi connectivity index (χ0) is 17.7. The zero-order valence-corrected chi connectivity index (χ0v) is 14.8. The van der Waals surface area contributed by atoms with E-state index in [1.165, 1.54) is 4.90 Å². The minimum absolute atomic E-state index is 0.170. The molecule has 0 bridgehead atoms. The molecule has 0 radical (unpaired) electrons. The standard InChI is InChI=1S/C16H26N4O4/c1-11-18-13(24-19-11)8-9-17-14(21)12-7-5-6-10-20(12)15(22)23-16(2,3)4/h12H,5-10H2,1-4H3,(H,17,21)/t12-/m0/s1. The normalized spacial score (nSPS) is 18.3. The minimum Gasteiger partial charge on any atom is -0.444 e. The second kappa shape index (κ2) is 7.63. The van der Waals surface area contributed by atoms with Crippen LogP contribution in [-0.4, -0.2) is 51.8 Å². The first kappa shape index (κ1) is 18.2. The Balaban J connectivity index is 1.88. The molecule has 0 aromatic carbocycles. The summed E-state index contributed by atoms with van der Waals surface area (Å²) in [7, 11) is 0. The lowest BCUT2D eigenvalue weighted by Crippen LogP contribution is -2.53. The van der Waals surface area contributed by atoms with Crippen LogP contribution in [0.5, 0.6) is 0 Å². The Morgan fingerprint density at radius 2 is 2.12 bits per heavy atom. The number of likely N-dealkylation sites (tertiary alicyclic amines) is 1. The third-order valence-corrected chi connectivity index (χ3v) is 3.64. The van der Waals surface area contributed by atoms with Crippen LogP contribution in [0.3, 0.4) is 0 Å². The quantitative estimate of drug-likeness (QED) is 0.899. The van der Waals surface area contributed by atoms with Gasteiger partial charge in [0.15, 0.2) is 5.82 Å². The lowest BCUT2D eigenvalue weighted by atomic mass is 10.0. The van der Waals surface area contributed by atoms with Gasteiger partial charge in [0.2, 0.25) is 11.8 Å². The van der Waals surface area contributed by atoms with E-state index in [1.807, 2.05) is 20.8 Å². The van der Waals surface area contributed by atoms with Crippen molar-refractivity contribution < 1.29 is 18.8 Å². The molecule has 1 fully saturated rings. The fourth-order valence-electron chi connectivity index (χ4n) is 2.60. The van der Waals surface area contributed by atoms with Crippen LogP contribution in [0.4, 0.5) is 4.79 Å². The maximum absolute atomic E-state index is 12.4. The summed E-state index contributed by atoms with van der Waals surface area (Å²) >= 11 is 0. The van der Waals surface area contributed by atoms with Crippen molar-refractivity contribution in [2.75, 3.05) is 13.1 Å². The van der Waals surface area contributed by atoms with E-state index >= 15 is 0 Å². The Morgan fingerprint density at radius 1 is 1.38 bits per heavy atom. The predicted octanol–water partition coefficient (Wildman–Crippen LogP) is 1.83. The molecule has 1 saturated heterocycles. The van der Waals surface area contributed by atoms with Gasteiger partial charge in [0.25, 0.3) is 0 Å². The van der Waals surface area contributed by atoms with E-state index in [1.54, 1.807) is 6.92 Å². The number of hydrogen-bond donors (Lipinski definition) is 1. The van der Waals surface area contributed by atoms with Crippen LogP contribution in [0.25, 0.3) is 0 Å². The molecule has 0 saturated carbocycles. The summed E-state index contributed by atoms with van der Waals surface area (Å²) in [6.45, 7) is 8.12. The highest BCUT2D eigenvalue weighted by Gasteiger charge is 2.34. The summed E-state index contributed by atoms with van der Waals surface area (Å²) in [4.78, 5) is 30.4. The zero-order valence-electron chi connectivity index (χ0n) is 14.8. The Morgan fingerprint density at radius 3 is 2.75 bits per heavy atom. The third kappa shape index (κ3) is 5.21. The molecule has 1 N–H and O–H groups in total. The SMILES string of the molecule is Cc1noc(CCNC(=O)[C@@H]2CCCCN2C(=O)OC(C)(C)C)n1. The molecule has 2 rings (SSSR count). The predicted molar refractivity (Wildman–Crippen MR) is 86.3 cm³/mol. The molecule has 0 aliphatic carbocycles. The van der Waals surface area contributed by atoms with Gasteiger partial charge in [-0.1, -0.05) is 5.16 Å². The molecule has 1 aromatic heterocycles. The molecule has 2 amide bonds. The first-order valence-electron chi connectivity index (χ1n) is 8.33. The summed E-state index contributed by atoms with van der Waals surface area (Å²) in [6, 6.07) is -0.488. The minimum atomic E-state index is -0.578. The van der Waals surface area contributed by atoms with Gasteiger partial charge in [0.1, 0.15) is 11.6 Å². The molecular weight excluding hydrogens is 312 g/mol. The molecule has 8 heteroatoms. The second-order valence-electron chi connectivity index (χ2n) is 6.96. The maximum Gasteiger partial charge on any atom is 0.410 e. The van der Waals surface area contributed by atoms with Crippen LogP contribution < -0.4 is 5.32 Å². The fourth-order valence-corrected chi connectivity index (χ4v) is 2.60. The van der Waals surface area contributed by atoms with E-state index in [-0.39, 0.29) is 5.91 Å². The van der Waals surface area contributed by atoms with E-state index in [0.29, 0.717) is 37.6 Å². The van der Waals surface area contributed by atoms with Gasteiger partial charge in [0, 0.05) is 19.5 Å². The van der Waals surface area contributed by atoms with Crippen LogP contribution in [-0.2, 0) is 16.0 Å². The van der Waals surface area contributed by atoms with Crippen molar-refractivity contribution in [3.05, 3.63) is 11.7 Å². The van der Waals surface area contributed by atoms with Crippen molar-refractivity contribution in [3.8, 4) is 0 Å². The van der Waals surface area contributed by atoms with E-state index in [9.17, 15) is 9.59 Å². The van der Waals surface area contributed by atoms with Crippen LogP contribution in [0, 0.1) is 6.92 Å². The summed E-state index contributed by atoms with van der Waals surface area (Å²) in [6.07, 6.45) is 2.47. The Kier molecular flexibility index (Phi) is 5.80. The van der Waals surface area contributed by atoms with Crippen molar-refractivity contribution in [3.63, 3.8) is 0 Å². The molecule has 0 unspecified atom stereocenters. The van der Waals surface area contributed by atoms with Gasteiger partial charge in [-0.05, 0) is 47.0 Å². The summed E-state index contributed by atoms with van der Waals surface area (Å²) in [5.74, 6) is 0.886. The van der Waals surface area contributed by atoms with Gasteiger partial charge in [-0.15, -0.1) is 0 Å². The molecule has 2 heterocycles. The lowest BCUT2D eigenvalue weighted by Gasteiger charge is -2.35. The summed E-state index contributed by atoms with van der Waals surface area (Å²) in [5, 5.41) is 6.55. The van der Waals surface area contributed by atoms with Crippen LogP contribution >= 0.6 is 0 Å². The number of aromatic nitrogens is 2. The Bertz CT molecular complexity index is 579. The Labute approximate surface area is 141 Å². The molecule has 1 aliphatic heterocycles. The van der Waals surface area contributed by atoms with Crippen LogP contribution in [0.1, 0.15) is 51.7 Å². The van der Waals surface area contributed by atoms with Crippen molar-refractivity contribution in [2.45, 2.75) is 65.0 Å². The van der Waals surface area contributed by atoms with Crippen molar-refractivity contribution in [2.24, 2.45) is 0 Å². The highest BCUT2D eigenvalue weighted by molar-refractivity contribution is 5.85. The highest BCUT2D eigenvalue weighted by Crippen LogP contribution is 2.20. The van der Waals surface area contributed by atoms with E-state index in [0.717, 1.165) is 12.8 Å². The van der Waals surface area contributed by atoms with E-state index in [2.05, 4.69) is 15.5 Å². The van der Waals surface area contributed by atoms with E-state index < -0.39 is 17.7 Å². The lowest BCUT2D eigenvalue weighted by molar-refractivity contribution is -0.127. The molecule has 8 nitrogen and oxygen atoms in total. The monoisotopic (exact) mass is 338 g/mol. The number of carbonyl (C=O) groups is 2. The fraction of sp³-hybridized carbons (Fsp3) is 0.750. The first-order chi connectivity index (χ1) is 11.3. The van der Waals surface area contributed by atoms with Gasteiger partial charge in [-0.25, -0.2) is 4.79 Å². The average molecular weight is 338 g/mol. The highest BCUT2D eigenvalue weighted by atomic mass is 16.6. The van der Waals surface area contributed by atoms with Crippen LogP contribution in [0.2, 0.25) is 0 Å². The topological polar surface area (TPSA) is 97.6 Å².